The summed E-state index contributed by atoms with van der Waals surface area (Å²) in [7, 11) is 2.02. The topological polar surface area (TPSA) is 13.1 Å². The zero-order valence-electron chi connectivity index (χ0n) is 14.8. The summed E-state index contributed by atoms with van der Waals surface area (Å²) in [4.78, 5) is 0. The fourth-order valence-corrected chi connectivity index (χ4v) is 3.60. The monoisotopic (exact) mass is 368 g/mol. The Morgan fingerprint density at radius 3 is 2.26 bits per heavy atom. The van der Waals surface area contributed by atoms with Crippen LogP contribution in [0, 0.1) is 6.92 Å². The molecule has 27 heavy (non-hydrogen) atoms. The molecule has 0 unspecified atom stereocenters. The largest absolute Gasteiger partial charge is 0.573 e. The maximum Gasteiger partial charge on any atom is 0.573 e. The maximum atomic E-state index is 12.4. The third-order valence-electron chi connectivity index (χ3n) is 4.66. The maximum absolute atomic E-state index is 12.4. The molecule has 0 aliphatic heterocycles. The number of hydrogen-bond acceptors (Lipinski definition) is 1. The summed E-state index contributed by atoms with van der Waals surface area (Å²) in [5.41, 5.74) is 4.03. The average molecular weight is 368 g/mol. The summed E-state index contributed by atoms with van der Waals surface area (Å²) in [6.45, 7) is 2.04. The van der Waals surface area contributed by atoms with Crippen LogP contribution in [0.2, 0.25) is 0 Å². The van der Waals surface area contributed by atoms with Gasteiger partial charge in [0.1, 0.15) is 12.8 Å². The predicted octanol–water partition coefficient (Wildman–Crippen LogP) is 5.69. The van der Waals surface area contributed by atoms with E-state index in [9.17, 15) is 13.2 Å². The number of pyridine rings is 1. The smallest absolute Gasteiger partial charge is 0.406 e. The molecule has 0 fully saturated rings. The first-order chi connectivity index (χ1) is 12.8. The van der Waals surface area contributed by atoms with Gasteiger partial charge >= 0.3 is 6.36 Å². The number of rotatable bonds is 2. The Bertz CT molecular complexity index is 1150. The van der Waals surface area contributed by atoms with Crippen molar-refractivity contribution in [1.29, 1.82) is 0 Å². The zero-order chi connectivity index (χ0) is 19.2. The van der Waals surface area contributed by atoms with Gasteiger partial charge in [0.25, 0.3) is 0 Å². The Morgan fingerprint density at radius 2 is 1.56 bits per heavy atom. The second-order valence-corrected chi connectivity index (χ2v) is 6.59. The molecule has 0 saturated carbocycles. The van der Waals surface area contributed by atoms with Crippen LogP contribution in [0.3, 0.4) is 0 Å². The van der Waals surface area contributed by atoms with Gasteiger partial charge in [-0.3, -0.25) is 0 Å². The zero-order valence-corrected chi connectivity index (χ0v) is 14.8. The second kappa shape index (κ2) is 6.27. The van der Waals surface area contributed by atoms with Crippen molar-refractivity contribution in [1.82, 2.24) is 0 Å². The van der Waals surface area contributed by atoms with E-state index in [2.05, 4.69) is 39.8 Å². The van der Waals surface area contributed by atoms with Crippen LogP contribution in [-0.2, 0) is 7.05 Å². The molecule has 4 rings (SSSR count). The van der Waals surface area contributed by atoms with E-state index in [-0.39, 0.29) is 5.75 Å². The molecule has 5 heteroatoms. The lowest BCUT2D eigenvalue weighted by molar-refractivity contribution is -0.643. The van der Waals surface area contributed by atoms with Gasteiger partial charge in [0.05, 0.1) is 5.39 Å². The molecule has 136 valence electrons. The lowest BCUT2D eigenvalue weighted by atomic mass is 9.97. The van der Waals surface area contributed by atoms with Crippen molar-refractivity contribution >= 4 is 21.7 Å². The molecule has 0 atom stereocenters. The van der Waals surface area contributed by atoms with Crippen molar-refractivity contribution in [3.05, 3.63) is 72.4 Å². The molecule has 0 N–H and O–H groups in total. The van der Waals surface area contributed by atoms with E-state index < -0.39 is 6.36 Å². The highest BCUT2D eigenvalue weighted by Crippen LogP contribution is 2.32. The minimum atomic E-state index is -4.69. The van der Waals surface area contributed by atoms with Gasteiger partial charge in [0.2, 0.25) is 5.52 Å². The standard InChI is InChI=1S/C22H17F3NO/c1-14-11-17(15-7-9-18(10-8-15)27-22(23,24)25)12-20-19-6-4-3-5-16(19)13-26(2)21(14)20/h3-13H,1-2H3/q+1. The second-order valence-electron chi connectivity index (χ2n) is 6.59. The highest BCUT2D eigenvalue weighted by molar-refractivity contribution is 6.06. The first kappa shape index (κ1) is 17.3. The molecule has 0 saturated heterocycles. The Hall–Kier alpha value is -3.08. The molecule has 4 aromatic rings. The number of benzene rings is 3. The molecule has 0 radical (unpaired) electrons. The van der Waals surface area contributed by atoms with Crippen molar-refractivity contribution in [2.24, 2.45) is 7.05 Å². The van der Waals surface area contributed by atoms with Gasteiger partial charge in [0.15, 0.2) is 6.20 Å². The summed E-state index contributed by atoms with van der Waals surface area (Å²) in [5, 5.41) is 3.40. The third-order valence-corrected chi connectivity index (χ3v) is 4.66. The molecule has 0 bridgehead atoms. The van der Waals surface area contributed by atoms with Crippen molar-refractivity contribution < 1.29 is 22.5 Å². The van der Waals surface area contributed by atoms with Crippen LogP contribution in [0.25, 0.3) is 32.8 Å². The highest BCUT2D eigenvalue weighted by atomic mass is 19.4. The van der Waals surface area contributed by atoms with E-state index >= 15 is 0 Å². The molecule has 0 aliphatic carbocycles. The van der Waals surface area contributed by atoms with E-state index in [1.807, 2.05) is 26.1 Å². The predicted molar refractivity (Wildman–Crippen MR) is 99.5 cm³/mol. The van der Waals surface area contributed by atoms with Crippen molar-refractivity contribution in [3.8, 4) is 16.9 Å². The minimum absolute atomic E-state index is 0.222. The quantitative estimate of drug-likeness (QED) is 0.327. The number of ether oxygens (including phenoxy) is 1. The normalized spacial score (nSPS) is 11.9. The Balaban J connectivity index is 1.87. The van der Waals surface area contributed by atoms with Gasteiger partial charge in [-0.1, -0.05) is 30.3 Å². The first-order valence-electron chi connectivity index (χ1n) is 8.50. The number of aromatic nitrogens is 1. The minimum Gasteiger partial charge on any atom is -0.406 e. The lowest BCUT2D eigenvalue weighted by Crippen LogP contribution is -2.29. The van der Waals surface area contributed by atoms with Crippen LogP contribution >= 0.6 is 0 Å². The van der Waals surface area contributed by atoms with Crippen molar-refractivity contribution in [3.63, 3.8) is 0 Å². The summed E-state index contributed by atoms with van der Waals surface area (Å²) in [6, 6.07) is 18.3. The van der Waals surface area contributed by atoms with E-state index in [1.54, 1.807) is 12.1 Å². The van der Waals surface area contributed by atoms with Crippen molar-refractivity contribution in [2.45, 2.75) is 13.3 Å². The Kier molecular flexibility index (Phi) is 4.02. The van der Waals surface area contributed by atoms with Crippen LogP contribution in [0.1, 0.15) is 5.56 Å². The van der Waals surface area contributed by atoms with Crippen LogP contribution in [-0.4, -0.2) is 6.36 Å². The van der Waals surface area contributed by atoms with Crippen LogP contribution in [0.5, 0.6) is 5.75 Å². The SMILES string of the molecule is Cc1cc(-c2ccc(OC(F)(F)F)cc2)cc2c3ccccc3c[n+](C)c12. The van der Waals surface area contributed by atoms with Gasteiger partial charge in [-0.05, 0) is 48.4 Å². The Morgan fingerprint density at radius 1 is 0.852 bits per heavy atom. The molecule has 0 amide bonds. The number of alkyl halides is 3. The van der Waals surface area contributed by atoms with Gasteiger partial charge in [-0.15, -0.1) is 13.2 Å². The summed E-state index contributed by atoms with van der Waals surface area (Å²) in [6.07, 6.45) is -2.58. The third kappa shape index (κ3) is 3.33. The number of hydrogen-bond donors (Lipinski definition) is 0. The fourth-order valence-electron chi connectivity index (χ4n) is 3.60. The van der Waals surface area contributed by atoms with E-state index in [4.69, 9.17) is 0 Å². The molecular formula is C22H17F3NO+. The highest BCUT2D eigenvalue weighted by Gasteiger charge is 2.31. The molecule has 3 aromatic carbocycles. The van der Waals surface area contributed by atoms with Crippen LogP contribution in [0.4, 0.5) is 13.2 Å². The van der Waals surface area contributed by atoms with Crippen molar-refractivity contribution in [2.75, 3.05) is 0 Å². The summed E-state index contributed by atoms with van der Waals surface area (Å²) >= 11 is 0. The molecule has 0 aliphatic rings. The number of nitrogens with zero attached hydrogens (tertiary/aromatic N) is 1. The summed E-state index contributed by atoms with van der Waals surface area (Å²) in [5.74, 6) is -0.222. The molecular weight excluding hydrogens is 351 g/mol. The van der Waals surface area contributed by atoms with Gasteiger partial charge in [-0.25, -0.2) is 4.57 Å². The number of fused-ring (bicyclic) bond motifs is 3. The van der Waals surface area contributed by atoms with E-state index in [1.165, 1.54) is 12.1 Å². The molecule has 2 nitrogen and oxygen atoms in total. The van der Waals surface area contributed by atoms with Crippen LogP contribution in [0.15, 0.2) is 66.9 Å². The molecule has 1 heterocycles. The van der Waals surface area contributed by atoms with Gasteiger partial charge < -0.3 is 4.74 Å². The van der Waals surface area contributed by atoms with E-state index in [0.29, 0.717) is 0 Å². The molecule has 1 aromatic heterocycles. The lowest BCUT2D eigenvalue weighted by Gasteiger charge is -2.11. The first-order valence-corrected chi connectivity index (χ1v) is 8.50. The average Bonchev–Trinajstić information content (AvgIpc) is 2.60. The van der Waals surface area contributed by atoms with Crippen LogP contribution < -0.4 is 9.30 Å². The van der Waals surface area contributed by atoms with Gasteiger partial charge in [-0.2, -0.15) is 0 Å². The fraction of sp³-hybridized carbons (Fsp3) is 0.136. The number of aryl methyl sites for hydroxylation is 2. The molecule has 0 spiro atoms. The summed E-state index contributed by atoms with van der Waals surface area (Å²) < 4.78 is 43.1. The van der Waals surface area contributed by atoms with Gasteiger partial charge in [0, 0.05) is 16.3 Å². The van der Waals surface area contributed by atoms with E-state index in [0.717, 1.165) is 38.4 Å². The Labute approximate surface area is 154 Å². The number of halogens is 3.